The maximum absolute atomic E-state index is 13.4. The van der Waals surface area contributed by atoms with Gasteiger partial charge in [-0.2, -0.15) is 0 Å². The Hall–Kier alpha value is -2.83. The highest BCUT2D eigenvalue weighted by atomic mass is 32.2. The predicted octanol–water partition coefficient (Wildman–Crippen LogP) is 6.19. The number of hydrogen-bond donors (Lipinski definition) is 0. The second-order valence-electron chi connectivity index (χ2n) is 7.02. The van der Waals surface area contributed by atoms with Gasteiger partial charge in [0.25, 0.3) is 0 Å². The third-order valence-corrected chi connectivity index (χ3v) is 6.69. The molecule has 0 spiro atoms. The SMILES string of the molecule is CCOc1cccc2sc(N(Cc3ccccc3)C(=O)Cc3ccc(SC)cc3)nc12. The second kappa shape index (κ2) is 9.98. The lowest BCUT2D eigenvalue weighted by molar-refractivity contribution is -0.118. The number of ether oxygens (including phenoxy) is 1. The van der Waals surface area contributed by atoms with Crippen LogP contribution in [0.2, 0.25) is 0 Å². The molecule has 0 aliphatic carbocycles. The summed E-state index contributed by atoms with van der Waals surface area (Å²) in [5.41, 5.74) is 2.87. The molecule has 1 amide bonds. The number of hydrogen-bond acceptors (Lipinski definition) is 5. The Kier molecular flexibility index (Phi) is 6.89. The van der Waals surface area contributed by atoms with Gasteiger partial charge in [-0.3, -0.25) is 9.69 Å². The molecule has 0 radical (unpaired) electrons. The highest BCUT2D eigenvalue weighted by Crippen LogP contribution is 2.35. The first kappa shape index (κ1) is 21.4. The summed E-state index contributed by atoms with van der Waals surface area (Å²) < 4.78 is 6.76. The van der Waals surface area contributed by atoms with Crippen molar-refractivity contribution in [2.75, 3.05) is 17.8 Å². The number of rotatable bonds is 8. The van der Waals surface area contributed by atoms with Gasteiger partial charge in [-0.1, -0.05) is 59.9 Å². The number of carbonyl (C=O) groups excluding carboxylic acids is 1. The van der Waals surface area contributed by atoms with Gasteiger partial charge in [-0.25, -0.2) is 4.98 Å². The zero-order valence-corrected chi connectivity index (χ0v) is 19.2. The fourth-order valence-corrected chi connectivity index (χ4v) is 4.75. The topological polar surface area (TPSA) is 42.4 Å². The van der Waals surface area contributed by atoms with E-state index in [1.807, 2.05) is 73.8 Å². The summed E-state index contributed by atoms with van der Waals surface area (Å²) in [4.78, 5) is 21.2. The molecule has 3 aromatic carbocycles. The van der Waals surface area contributed by atoms with Gasteiger partial charge in [0.2, 0.25) is 5.91 Å². The molecule has 0 aliphatic rings. The van der Waals surface area contributed by atoms with Gasteiger partial charge < -0.3 is 4.74 Å². The van der Waals surface area contributed by atoms with E-state index in [-0.39, 0.29) is 5.91 Å². The molecule has 1 heterocycles. The molecule has 0 N–H and O–H groups in total. The van der Waals surface area contributed by atoms with E-state index in [2.05, 4.69) is 12.1 Å². The molecule has 0 atom stereocenters. The summed E-state index contributed by atoms with van der Waals surface area (Å²) in [6.45, 7) is 3.01. The number of amides is 1. The zero-order valence-electron chi connectivity index (χ0n) is 17.6. The fraction of sp³-hybridized carbons (Fsp3) is 0.200. The minimum absolute atomic E-state index is 0.0257. The normalized spacial score (nSPS) is 10.9. The van der Waals surface area contributed by atoms with E-state index < -0.39 is 0 Å². The minimum Gasteiger partial charge on any atom is -0.492 e. The lowest BCUT2D eigenvalue weighted by atomic mass is 10.1. The van der Waals surface area contributed by atoms with Gasteiger partial charge in [0, 0.05) is 4.90 Å². The van der Waals surface area contributed by atoms with Crippen LogP contribution in [0.15, 0.2) is 77.7 Å². The number of nitrogens with zero attached hydrogens (tertiary/aromatic N) is 2. The molecular weight excluding hydrogens is 424 g/mol. The molecule has 6 heteroatoms. The van der Waals surface area contributed by atoms with E-state index in [4.69, 9.17) is 9.72 Å². The monoisotopic (exact) mass is 448 g/mol. The molecule has 0 fully saturated rings. The van der Waals surface area contributed by atoms with Crippen molar-refractivity contribution < 1.29 is 9.53 Å². The first-order valence-electron chi connectivity index (χ1n) is 10.2. The van der Waals surface area contributed by atoms with Gasteiger partial charge in [0.15, 0.2) is 5.13 Å². The predicted molar refractivity (Wildman–Crippen MR) is 130 cm³/mol. The van der Waals surface area contributed by atoms with E-state index in [1.54, 1.807) is 16.7 Å². The lowest BCUT2D eigenvalue weighted by Gasteiger charge is -2.20. The number of anilines is 1. The number of thioether (sulfide) groups is 1. The minimum atomic E-state index is 0.0257. The van der Waals surface area contributed by atoms with Gasteiger partial charge in [0.05, 0.1) is 24.3 Å². The van der Waals surface area contributed by atoms with E-state index in [0.717, 1.165) is 27.1 Å². The lowest BCUT2D eigenvalue weighted by Crippen LogP contribution is -2.31. The fourth-order valence-electron chi connectivity index (χ4n) is 3.34. The largest absolute Gasteiger partial charge is 0.492 e. The van der Waals surface area contributed by atoms with Gasteiger partial charge in [-0.15, -0.1) is 11.8 Å². The van der Waals surface area contributed by atoms with Crippen LogP contribution >= 0.6 is 23.1 Å². The van der Waals surface area contributed by atoms with E-state index in [0.29, 0.717) is 24.7 Å². The van der Waals surface area contributed by atoms with Crippen LogP contribution in [0.4, 0.5) is 5.13 Å². The third-order valence-electron chi connectivity index (χ3n) is 4.90. The van der Waals surface area contributed by atoms with Crippen molar-refractivity contribution in [1.82, 2.24) is 4.98 Å². The maximum atomic E-state index is 13.4. The number of benzene rings is 3. The van der Waals surface area contributed by atoms with Crippen LogP contribution in [0.25, 0.3) is 10.2 Å². The molecule has 0 bridgehead atoms. The first-order valence-corrected chi connectivity index (χ1v) is 12.2. The average Bonchev–Trinajstić information content (AvgIpc) is 3.24. The van der Waals surface area contributed by atoms with Crippen LogP contribution in [0, 0.1) is 0 Å². The number of fused-ring (bicyclic) bond motifs is 1. The number of thiazole rings is 1. The Morgan fingerprint density at radius 3 is 2.48 bits per heavy atom. The van der Waals surface area contributed by atoms with Crippen LogP contribution in [-0.4, -0.2) is 23.8 Å². The summed E-state index contributed by atoms with van der Waals surface area (Å²) >= 11 is 3.21. The third kappa shape index (κ3) is 5.09. The molecule has 0 unspecified atom stereocenters. The maximum Gasteiger partial charge on any atom is 0.233 e. The van der Waals surface area contributed by atoms with E-state index in [9.17, 15) is 4.79 Å². The molecule has 31 heavy (non-hydrogen) atoms. The van der Waals surface area contributed by atoms with Crippen molar-refractivity contribution in [2.24, 2.45) is 0 Å². The molecule has 0 aliphatic heterocycles. The molecule has 1 aromatic heterocycles. The van der Waals surface area contributed by atoms with E-state index >= 15 is 0 Å². The standard InChI is InChI=1S/C25H24N2O2S2/c1-3-29-21-10-7-11-22-24(21)26-25(31-22)27(17-19-8-5-4-6-9-19)23(28)16-18-12-14-20(30-2)15-13-18/h4-15H,3,16-17H2,1-2H3. The number of aromatic nitrogens is 1. The van der Waals surface area contributed by atoms with Crippen LogP contribution in [-0.2, 0) is 17.8 Å². The Balaban J connectivity index is 1.67. The zero-order chi connectivity index (χ0) is 21.6. The molecule has 0 saturated carbocycles. The summed E-state index contributed by atoms with van der Waals surface area (Å²) in [6, 6.07) is 24.1. The van der Waals surface area contributed by atoms with Crippen LogP contribution in [0.5, 0.6) is 5.75 Å². The first-order chi connectivity index (χ1) is 15.2. The van der Waals surface area contributed by atoms with Crippen molar-refractivity contribution in [1.29, 1.82) is 0 Å². The Morgan fingerprint density at radius 1 is 1.00 bits per heavy atom. The second-order valence-corrected chi connectivity index (χ2v) is 8.91. The van der Waals surface area contributed by atoms with Crippen molar-refractivity contribution in [2.45, 2.75) is 24.8 Å². The number of carbonyl (C=O) groups is 1. The summed E-state index contributed by atoms with van der Waals surface area (Å²) in [5, 5.41) is 0.691. The number of para-hydroxylation sites is 1. The van der Waals surface area contributed by atoms with Crippen molar-refractivity contribution >= 4 is 44.4 Å². The van der Waals surface area contributed by atoms with Crippen molar-refractivity contribution in [3.8, 4) is 5.75 Å². The van der Waals surface area contributed by atoms with Crippen LogP contribution in [0.1, 0.15) is 18.1 Å². The van der Waals surface area contributed by atoms with Crippen molar-refractivity contribution in [3.63, 3.8) is 0 Å². The average molecular weight is 449 g/mol. The smallest absolute Gasteiger partial charge is 0.233 e. The summed E-state index contributed by atoms with van der Waals surface area (Å²) in [5.74, 6) is 0.778. The van der Waals surface area contributed by atoms with Gasteiger partial charge in [0.1, 0.15) is 11.3 Å². The Morgan fingerprint density at radius 2 is 1.77 bits per heavy atom. The summed E-state index contributed by atoms with van der Waals surface area (Å²) in [7, 11) is 0. The molecule has 4 aromatic rings. The molecular formula is C25H24N2O2S2. The molecule has 158 valence electrons. The quantitative estimate of drug-likeness (QED) is 0.301. The van der Waals surface area contributed by atoms with E-state index in [1.165, 1.54) is 16.2 Å². The highest BCUT2D eigenvalue weighted by Gasteiger charge is 2.21. The molecule has 4 nitrogen and oxygen atoms in total. The van der Waals surface area contributed by atoms with Crippen LogP contribution in [0.3, 0.4) is 0 Å². The summed E-state index contributed by atoms with van der Waals surface area (Å²) in [6.07, 6.45) is 2.38. The molecule has 4 rings (SSSR count). The molecule has 0 saturated heterocycles. The Labute approximate surface area is 190 Å². The highest BCUT2D eigenvalue weighted by molar-refractivity contribution is 7.98. The van der Waals surface area contributed by atoms with Gasteiger partial charge in [-0.05, 0) is 48.6 Å². The van der Waals surface area contributed by atoms with Gasteiger partial charge >= 0.3 is 0 Å². The van der Waals surface area contributed by atoms with Crippen molar-refractivity contribution in [3.05, 3.63) is 83.9 Å². The van der Waals surface area contributed by atoms with Crippen LogP contribution < -0.4 is 9.64 Å². The Bertz CT molecular complexity index is 1160.